The zero-order valence-electron chi connectivity index (χ0n) is 17.3. The Balaban J connectivity index is 1.59. The van der Waals surface area contributed by atoms with Crippen LogP contribution in [-0.2, 0) is 14.4 Å². The van der Waals surface area contributed by atoms with Gasteiger partial charge in [-0.3, -0.25) is 24.7 Å². The molecule has 2 N–H and O–H groups in total. The molecule has 5 amide bonds. The Kier molecular flexibility index (Phi) is 5.33. The van der Waals surface area contributed by atoms with E-state index >= 15 is 0 Å². The number of hydrogen-bond donors (Lipinski definition) is 2. The van der Waals surface area contributed by atoms with E-state index < -0.39 is 35.6 Å². The third-order valence-electron chi connectivity index (χ3n) is 5.66. The van der Waals surface area contributed by atoms with Gasteiger partial charge >= 0.3 is 6.03 Å². The van der Waals surface area contributed by atoms with Crippen molar-refractivity contribution in [2.24, 2.45) is 5.92 Å². The average Bonchev–Trinajstić information content (AvgIpc) is 3.59. The lowest BCUT2D eigenvalue weighted by Gasteiger charge is -2.33. The number of carbonyl (C=O) groups excluding carboxylic acids is 4. The molecule has 10 heteroatoms. The fourth-order valence-corrected chi connectivity index (χ4v) is 4.15. The van der Waals surface area contributed by atoms with Gasteiger partial charge in [-0.05, 0) is 48.7 Å². The van der Waals surface area contributed by atoms with Gasteiger partial charge in [-0.15, -0.1) is 0 Å². The molecule has 0 spiro atoms. The van der Waals surface area contributed by atoms with Crippen molar-refractivity contribution in [3.8, 4) is 5.75 Å². The first kappa shape index (κ1) is 21.1. The number of pyridine rings is 1. The van der Waals surface area contributed by atoms with Crippen LogP contribution in [-0.4, -0.2) is 41.4 Å². The lowest BCUT2D eigenvalue weighted by molar-refractivity contribution is -0.129. The zero-order chi connectivity index (χ0) is 23.1. The lowest BCUT2D eigenvalue weighted by Crippen LogP contribution is -2.55. The van der Waals surface area contributed by atoms with E-state index in [4.69, 9.17) is 16.3 Å². The van der Waals surface area contributed by atoms with E-state index in [1.165, 1.54) is 18.5 Å². The van der Waals surface area contributed by atoms with Gasteiger partial charge in [0.1, 0.15) is 5.75 Å². The number of halogens is 1. The Morgan fingerprint density at radius 3 is 2.64 bits per heavy atom. The van der Waals surface area contributed by atoms with Crippen LogP contribution in [0.5, 0.6) is 5.75 Å². The number of aromatic nitrogens is 1. The van der Waals surface area contributed by atoms with Gasteiger partial charge in [-0.25, -0.2) is 9.69 Å². The molecular formula is C23H19ClN4O5. The molecule has 1 aromatic heterocycles. The lowest BCUT2D eigenvalue weighted by atomic mass is 9.85. The first-order chi connectivity index (χ1) is 15.9. The molecule has 2 aliphatic heterocycles. The van der Waals surface area contributed by atoms with Gasteiger partial charge in [0.25, 0.3) is 5.91 Å². The number of benzene rings is 1. The first-order valence-corrected chi connectivity index (χ1v) is 10.8. The predicted octanol–water partition coefficient (Wildman–Crippen LogP) is 2.32. The highest BCUT2D eigenvalue weighted by atomic mass is 35.5. The molecule has 2 unspecified atom stereocenters. The maximum atomic E-state index is 13.5. The van der Waals surface area contributed by atoms with E-state index in [0.717, 1.165) is 17.7 Å². The standard InChI is InChI=1S/C23H19ClN4O5/c24-13-6-12(7-16(8-13)33-15-3-4-15)17-9-18(19-11-26-23(32)27-20(19)29)22(31)28(21(17)30)14-2-1-5-25-10-14/h1-2,5-10,15,17,19H,3-4,11H2,(H2,26,27,29,32). The Morgan fingerprint density at radius 2 is 1.94 bits per heavy atom. The SMILES string of the molecule is O=C1NCC(C2=CC(c3cc(Cl)cc(OC4CC4)c3)C(=O)N(c3cccnc3)C2=O)C(=O)N1. The van der Waals surface area contributed by atoms with Crippen molar-refractivity contribution in [2.45, 2.75) is 24.9 Å². The smallest absolute Gasteiger partial charge is 0.321 e. The molecule has 2 atom stereocenters. The number of ether oxygens (including phenoxy) is 1. The summed E-state index contributed by atoms with van der Waals surface area (Å²) in [5.41, 5.74) is 0.910. The Hall–Kier alpha value is -3.72. The molecule has 0 bridgehead atoms. The van der Waals surface area contributed by atoms with Crippen LogP contribution in [0.1, 0.15) is 24.3 Å². The molecular weight excluding hydrogens is 448 g/mol. The van der Waals surface area contributed by atoms with Crippen molar-refractivity contribution < 1.29 is 23.9 Å². The maximum absolute atomic E-state index is 13.5. The van der Waals surface area contributed by atoms with Crippen LogP contribution >= 0.6 is 11.6 Å². The Morgan fingerprint density at radius 1 is 1.12 bits per heavy atom. The summed E-state index contributed by atoms with van der Waals surface area (Å²) < 4.78 is 5.86. The normalized spacial score (nSPS) is 23.1. The summed E-state index contributed by atoms with van der Waals surface area (Å²) in [7, 11) is 0. The molecule has 5 rings (SSSR count). The summed E-state index contributed by atoms with van der Waals surface area (Å²) >= 11 is 6.31. The van der Waals surface area contributed by atoms with E-state index in [1.54, 1.807) is 30.3 Å². The predicted molar refractivity (Wildman–Crippen MR) is 118 cm³/mol. The van der Waals surface area contributed by atoms with Gasteiger partial charge in [-0.2, -0.15) is 0 Å². The van der Waals surface area contributed by atoms with Crippen molar-refractivity contribution in [1.82, 2.24) is 15.6 Å². The highest BCUT2D eigenvalue weighted by molar-refractivity contribution is 6.31. The second-order valence-corrected chi connectivity index (χ2v) is 8.52. The second kappa shape index (κ2) is 8.32. The van der Waals surface area contributed by atoms with E-state index in [-0.39, 0.29) is 23.9 Å². The average molecular weight is 467 g/mol. The molecule has 0 radical (unpaired) electrons. The van der Waals surface area contributed by atoms with Crippen molar-refractivity contribution in [1.29, 1.82) is 0 Å². The van der Waals surface area contributed by atoms with Crippen molar-refractivity contribution in [3.05, 3.63) is 65.0 Å². The summed E-state index contributed by atoms with van der Waals surface area (Å²) in [5.74, 6) is -3.07. The first-order valence-electron chi connectivity index (χ1n) is 10.5. The van der Waals surface area contributed by atoms with Gasteiger partial charge < -0.3 is 10.1 Å². The van der Waals surface area contributed by atoms with Gasteiger partial charge in [0.05, 0.1) is 29.8 Å². The van der Waals surface area contributed by atoms with Crippen molar-refractivity contribution >= 4 is 41.0 Å². The van der Waals surface area contributed by atoms with Gasteiger partial charge in [0.2, 0.25) is 11.8 Å². The Bertz CT molecular complexity index is 1190. The van der Waals surface area contributed by atoms with Crippen LogP contribution < -0.4 is 20.3 Å². The summed E-state index contributed by atoms with van der Waals surface area (Å²) in [6.45, 7) is -0.0599. The molecule has 3 aliphatic rings. The highest BCUT2D eigenvalue weighted by Gasteiger charge is 2.43. The van der Waals surface area contributed by atoms with Crippen molar-refractivity contribution in [2.75, 3.05) is 11.4 Å². The zero-order valence-corrected chi connectivity index (χ0v) is 18.0. The van der Waals surface area contributed by atoms with E-state index in [0.29, 0.717) is 16.3 Å². The molecule has 3 heterocycles. The van der Waals surface area contributed by atoms with Crippen LogP contribution in [0.4, 0.5) is 10.5 Å². The molecule has 168 valence electrons. The topological polar surface area (TPSA) is 118 Å². The van der Waals surface area contributed by atoms with E-state index in [1.807, 2.05) is 0 Å². The third-order valence-corrected chi connectivity index (χ3v) is 5.88. The number of nitrogens with zero attached hydrogens (tertiary/aromatic N) is 2. The molecule has 1 saturated heterocycles. The third kappa shape index (κ3) is 4.19. The summed E-state index contributed by atoms with van der Waals surface area (Å²) in [5, 5.41) is 5.09. The number of rotatable bonds is 5. The number of anilines is 1. The number of carbonyl (C=O) groups is 4. The van der Waals surface area contributed by atoms with Crippen LogP contribution in [0, 0.1) is 5.92 Å². The molecule has 9 nitrogen and oxygen atoms in total. The molecule has 33 heavy (non-hydrogen) atoms. The number of hydrogen-bond acceptors (Lipinski definition) is 6. The van der Waals surface area contributed by atoms with Crippen LogP contribution in [0.3, 0.4) is 0 Å². The molecule has 1 aliphatic carbocycles. The molecule has 1 aromatic carbocycles. The number of imide groups is 2. The minimum absolute atomic E-state index is 0.0599. The molecule has 1 saturated carbocycles. The van der Waals surface area contributed by atoms with Crippen molar-refractivity contribution in [3.63, 3.8) is 0 Å². The monoisotopic (exact) mass is 466 g/mol. The number of nitrogens with one attached hydrogen (secondary N) is 2. The summed E-state index contributed by atoms with van der Waals surface area (Å²) in [6, 6.07) is 7.60. The van der Waals surface area contributed by atoms with Crippen LogP contribution in [0.2, 0.25) is 5.02 Å². The minimum atomic E-state index is -0.952. The van der Waals surface area contributed by atoms with E-state index in [9.17, 15) is 19.2 Å². The van der Waals surface area contributed by atoms with Crippen LogP contribution in [0.25, 0.3) is 0 Å². The molecule has 2 aromatic rings. The fourth-order valence-electron chi connectivity index (χ4n) is 3.92. The summed E-state index contributed by atoms with van der Waals surface area (Å²) in [6.07, 6.45) is 6.45. The van der Waals surface area contributed by atoms with Gasteiger partial charge in [0.15, 0.2) is 0 Å². The highest BCUT2D eigenvalue weighted by Crippen LogP contribution is 2.37. The number of urea groups is 1. The molecule has 2 fully saturated rings. The van der Waals surface area contributed by atoms with Gasteiger partial charge in [-0.1, -0.05) is 17.7 Å². The Labute approximate surface area is 193 Å². The largest absolute Gasteiger partial charge is 0.490 e. The van der Waals surface area contributed by atoms with E-state index in [2.05, 4.69) is 15.6 Å². The maximum Gasteiger partial charge on any atom is 0.321 e. The minimum Gasteiger partial charge on any atom is -0.490 e. The second-order valence-electron chi connectivity index (χ2n) is 8.08. The quantitative estimate of drug-likeness (QED) is 0.653. The fraction of sp³-hybridized carbons (Fsp3) is 0.261. The van der Waals surface area contributed by atoms with Crippen LogP contribution in [0.15, 0.2) is 54.4 Å². The number of amides is 5. The summed E-state index contributed by atoms with van der Waals surface area (Å²) in [4.78, 5) is 56.0. The van der Waals surface area contributed by atoms with Gasteiger partial charge in [0, 0.05) is 23.3 Å².